The number of thioether (sulfide) groups is 1. The van der Waals surface area contributed by atoms with E-state index in [4.69, 9.17) is 9.47 Å². The number of aryl methyl sites for hydroxylation is 2. The molecule has 7 heteroatoms. The minimum atomic E-state index is -0.177. The number of hydrogen-bond acceptors (Lipinski definition) is 5. The number of benzene rings is 3. The number of amidine groups is 1. The summed E-state index contributed by atoms with van der Waals surface area (Å²) in [4.78, 5) is 17.7. The van der Waals surface area contributed by atoms with E-state index in [0.29, 0.717) is 34.8 Å². The second-order valence-corrected chi connectivity index (χ2v) is 9.92. The molecule has 1 aliphatic heterocycles. The fourth-order valence-corrected chi connectivity index (χ4v) is 4.82. The van der Waals surface area contributed by atoms with Gasteiger partial charge in [0.25, 0.3) is 5.91 Å². The summed E-state index contributed by atoms with van der Waals surface area (Å²) >= 11 is 4.95. The number of carbonyl (C=O) groups is 1. The van der Waals surface area contributed by atoms with Gasteiger partial charge in [-0.1, -0.05) is 64.8 Å². The minimum absolute atomic E-state index is 0.177. The fourth-order valence-electron chi connectivity index (χ4n) is 3.55. The van der Waals surface area contributed by atoms with Gasteiger partial charge in [-0.15, -0.1) is 0 Å². The van der Waals surface area contributed by atoms with Crippen LogP contribution in [0.25, 0.3) is 6.08 Å². The topological polar surface area (TPSA) is 59.9 Å². The third kappa shape index (κ3) is 6.55. The van der Waals surface area contributed by atoms with Crippen molar-refractivity contribution in [3.8, 4) is 11.5 Å². The van der Waals surface area contributed by atoms with Crippen molar-refractivity contribution in [2.24, 2.45) is 4.99 Å². The number of hydrogen-bond donors (Lipinski definition) is 1. The van der Waals surface area contributed by atoms with E-state index < -0.39 is 0 Å². The van der Waals surface area contributed by atoms with E-state index >= 15 is 0 Å². The van der Waals surface area contributed by atoms with Crippen molar-refractivity contribution in [1.82, 2.24) is 5.32 Å². The first kappa shape index (κ1) is 25.1. The zero-order chi connectivity index (χ0) is 24.8. The van der Waals surface area contributed by atoms with E-state index in [1.807, 2.05) is 61.5 Å². The van der Waals surface area contributed by atoms with Gasteiger partial charge in [-0.2, -0.15) is 0 Å². The Hall–Kier alpha value is -3.03. The molecule has 180 valence electrons. The van der Waals surface area contributed by atoms with Gasteiger partial charge in [-0.05, 0) is 79.1 Å². The van der Waals surface area contributed by atoms with Crippen LogP contribution in [0.4, 0.5) is 5.69 Å². The lowest BCUT2D eigenvalue weighted by molar-refractivity contribution is -0.115. The summed E-state index contributed by atoms with van der Waals surface area (Å²) < 4.78 is 12.7. The van der Waals surface area contributed by atoms with Crippen LogP contribution in [0.2, 0.25) is 0 Å². The SMILES string of the molecule is CCOc1cc(/C=C2\SC(=Nc3ccc(CC)cc3)NC2=O)c(Br)cc1OCc1cccc(C)c1. The van der Waals surface area contributed by atoms with E-state index in [2.05, 4.69) is 52.2 Å². The third-order valence-corrected chi connectivity index (χ3v) is 6.95. The molecule has 0 aliphatic carbocycles. The molecule has 1 aliphatic rings. The van der Waals surface area contributed by atoms with Crippen LogP contribution in [0.1, 0.15) is 36.1 Å². The Labute approximate surface area is 218 Å². The fraction of sp³-hybridized carbons (Fsp3) is 0.214. The summed E-state index contributed by atoms with van der Waals surface area (Å²) in [6, 6.07) is 20.0. The van der Waals surface area contributed by atoms with Crippen molar-refractivity contribution in [2.45, 2.75) is 33.8 Å². The van der Waals surface area contributed by atoms with Crippen LogP contribution in [0.5, 0.6) is 11.5 Å². The van der Waals surface area contributed by atoms with Crippen molar-refractivity contribution in [2.75, 3.05) is 6.61 Å². The Morgan fingerprint density at radius 3 is 2.49 bits per heavy atom. The summed E-state index contributed by atoms with van der Waals surface area (Å²) in [5, 5.41) is 3.41. The Morgan fingerprint density at radius 2 is 1.77 bits per heavy atom. The number of nitrogens with one attached hydrogen (secondary N) is 1. The molecule has 0 saturated carbocycles. The van der Waals surface area contributed by atoms with E-state index in [1.165, 1.54) is 22.9 Å². The van der Waals surface area contributed by atoms with Crippen LogP contribution in [0, 0.1) is 6.92 Å². The van der Waals surface area contributed by atoms with Gasteiger partial charge < -0.3 is 14.8 Å². The largest absolute Gasteiger partial charge is 0.490 e. The van der Waals surface area contributed by atoms with Crippen molar-refractivity contribution >= 4 is 50.5 Å². The van der Waals surface area contributed by atoms with Gasteiger partial charge in [0, 0.05) is 4.47 Å². The van der Waals surface area contributed by atoms with Gasteiger partial charge >= 0.3 is 0 Å². The monoisotopic (exact) mass is 550 g/mol. The highest BCUT2D eigenvalue weighted by molar-refractivity contribution is 9.10. The summed E-state index contributed by atoms with van der Waals surface area (Å²) in [6.45, 7) is 7.04. The van der Waals surface area contributed by atoms with Gasteiger partial charge in [-0.3, -0.25) is 4.79 Å². The molecule has 0 spiro atoms. The molecule has 3 aromatic carbocycles. The molecule has 0 bridgehead atoms. The smallest absolute Gasteiger partial charge is 0.264 e. The average molecular weight is 552 g/mol. The highest BCUT2D eigenvalue weighted by Gasteiger charge is 2.24. The maximum Gasteiger partial charge on any atom is 0.264 e. The number of carbonyl (C=O) groups excluding carboxylic acids is 1. The molecule has 1 amide bonds. The standard InChI is InChI=1S/C28H27BrN2O3S/c1-4-19-9-11-22(12-10-19)30-28-31-27(32)26(35-28)15-21-14-24(33-5-2)25(16-23(21)29)34-17-20-8-6-7-18(3)13-20/h6-16H,4-5,17H2,1-3H3,(H,30,31,32)/b26-15-. The second-order valence-electron chi connectivity index (χ2n) is 8.03. The first-order valence-electron chi connectivity index (χ1n) is 11.5. The lowest BCUT2D eigenvalue weighted by atomic mass is 10.1. The molecule has 1 fully saturated rings. The van der Waals surface area contributed by atoms with Crippen LogP contribution in [-0.4, -0.2) is 17.7 Å². The first-order chi connectivity index (χ1) is 16.9. The summed E-state index contributed by atoms with van der Waals surface area (Å²) in [7, 11) is 0. The number of amides is 1. The Morgan fingerprint density at radius 1 is 1.00 bits per heavy atom. The van der Waals surface area contributed by atoms with Crippen LogP contribution in [0.15, 0.2) is 75.0 Å². The number of aliphatic imine (C=N–C) groups is 1. The van der Waals surface area contributed by atoms with Crippen molar-refractivity contribution in [1.29, 1.82) is 0 Å². The van der Waals surface area contributed by atoms with Gasteiger partial charge in [0.15, 0.2) is 16.7 Å². The molecule has 3 aromatic rings. The van der Waals surface area contributed by atoms with E-state index in [1.54, 1.807) is 0 Å². The van der Waals surface area contributed by atoms with Crippen molar-refractivity contribution in [3.63, 3.8) is 0 Å². The molecular formula is C28H27BrN2O3S. The van der Waals surface area contributed by atoms with Crippen LogP contribution in [-0.2, 0) is 17.8 Å². The van der Waals surface area contributed by atoms with Crippen molar-refractivity contribution < 1.29 is 14.3 Å². The van der Waals surface area contributed by atoms with Crippen LogP contribution >= 0.6 is 27.7 Å². The van der Waals surface area contributed by atoms with E-state index in [9.17, 15) is 4.79 Å². The quantitative estimate of drug-likeness (QED) is 0.301. The van der Waals surface area contributed by atoms with Gasteiger partial charge in [0.2, 0.25) is 0 Å². The predicted octanol–water partition coefficient (Wildman–Crippen LogP) is 7.19. The number of rotatable bonds is 8. The maximum absolute atomic E-state index is 12.6. The summed E-state index contributed by atoms with van der Waals surface area (Å²) in [5.74, 6) is 1.09. The molecule has 35 heavy (non-hydrogen) atoms. The van der Waals surface area contributed by atoms with Crippen LogP contribution in [0.3, 0.4) is 0 Å². The maximum atomic E-state index is 12.6. The summed E-state index contributed by atoms with van der Waals surface area (Å²) in [6.07, 6.45) is 2.81. The molecule has 5 nitrogen and oxygen atoms in total. The lowest BCUT2D eigenvalue weighted by Gasteiger charge is -2.14. The molecule has 0 unspecified atom stereocenters. The molecule has 0 atom stereocenters. The molecule has 1 saturated heterocycles. The molecule has 1 N–H and O–H groups in total. The van der Waals surface area contributed by atoms with Crippen LogP contribution < -0.4 is 14.8 Å². The summed E-state index contributed by atoms with van der Waals surface area (Å²) in [5.41, 5.74) is 5.15. The Bertz CT molecular complexity index is 1290. The highest BCUT2D eigenvalue weighted by Crippen LogP contribution is 2.37. The molecule has 0 radical (unpaired) electrons. The van der Waals surface area contributed by atoms with Gasteiger partial charge in [0.05, 0.1) is 17.2 Å². The lowest BCUT2D eigenvalue weighted by Crippen LogP contribution is -2.19. The zero-order valence-electron chi connectivity index (χ0n) is 19.9. The van der Waals surface area contributed by atoms with Gasteiger partial charge in [0.1, 0.15) is 6.61 Å². The minimum Gasteiger partial charge on any atom is -0.490 e. The number of ether oxygens (including phenoxy) is 2. The predicted molar refractivity (Wildman–Crippen MR) is 147 cm³/mol. The normalized spacial score (nSPS) is 15.5. The molecular weight excluding hydrogens is 524 g/mol. The van der Waals surface area contributed by atoms with Crippen molar-refractivity contribution in [3.05, 3.63) is 92.3 Å². The number of halogens is 1. The third-order valence-electron chi connectivity index (χ3n) is 5.35. The highest BCUT2D eigenvalue weighted by atomic mass is 79.9. The Balaban J connectivity index is 1.54. The molecule has 0 aromatic heterocycles. The van der Waals surface area contributed by atoms with E-state index in [-0.39, 0.29) is 5.91 Å². The number of nitrogens with zero attached hydrogens (tertiary/aromatic N) is 1. The first-order valence-corrected chi connectivity index (χ1v) is 13.1. The Kier molecular flexibility index (Phi) is 8.31. The molecule has 1 heterocycles. The van der Waals surface area contributed by atoms with E-state index in [0.717, 1.165) is 27.7 Å². The second kappa shape index (κ2) is 11.6. The average Bonchev–Trinajstić information content (AvgIpc) is 3.19. The molecule has 4 rings (SSSR count). The van der Waals surface area contributed by atoms with Gasteiger partial charge in [-0.25, -0.2) is 4.99 Å². The zero-order valence-corrected chi connectivity index (χ0v) is 22.3.